The van der Waals surface area contributed by atoms with Crippen LogP contribution in [0, 0.1) is 6.92 Å². The van der Waals surface area contributed by atoms with Gasteiger partial charge in [-0.25, -0.2) is 5.10 Å². The van der Waals surface area contributed by atoms with Gasteiger partial charge in [-0.15, -0.1) is 0 Å². The van der Waals surface area contributed by atoms with Gasteiger partial charge in [-0.3, -0.25) is 9.59 Å². The van der Waals surface area contributed by atoms with E-state index in [0.717, 1.165) is 13.1 Å². The summed E-state index contributed by atoms with van der Waals surface area (Å²) in [4.78, 5) is 27.4. The Morgan fingerprint density at radius 2 is 1.82 bits per heavy atom. The zero-order chi connectivity index (χ0) is 15.5. The molecule has 1 saturated heterocycles. The van der Waals surface area contributed by atoms with Crippen LogP contribution in [0.25, 0.3) is 0 Å². The van der Waals surface area contributed by atoms with Gasteiger partial charge in [-0.2, -0.15) is 5.10 Å². The van der Waals surface area contributed by atoms with Crippen LogP contribution in [0.5, 0.6) is 0 Å². The summed E-state index contributed by atoms with van der Waals surface area (Å²) in [6, 6.07) is 11.1. The summed E-state index contributed by atoms with van der Waals surface area (Å²) in [6.45, 7) is 4.97. The number of aryl methyl sites for hydroxylation is 1. The minimum atomic E-state index is -0.305. The molecule has 0 atom stereocenters. The second-order valence-electron chi connectivity index (χ2n) is 5.37. The van der Waals surface area contributed by atoms with Crippen LogP contribution < -0.4 is 10.5 Å². The molecule has 1 aromatic heterocycles. The van der Waals surface area contributed by atoms with Crippen molar-refractivity contribution in [3.8, 4) is 0 Å². The average molecular weight is 298 g/mol. The SMILES string of the molecule is Cc1ccccc1N1CCN(C(=O)c2ccc(=O)[nH]n2)CC1. The highest BCUT2D eigenvalue weighted by molar-refractivity contribution is 5.92. The van der Waals surface area contributed by atoms with Gasteiger partial charge in [-0.05, 0) is 24.6 Å². The van der Waals surface area contributed by atoms with Crippen LogP contribution in [0.3, 0.4) is 0 Å². The molecule has 1 amide bonds. The smallest absolute Gasteiger partial charge is 0.274 e. The molecule has 0 aliphatic carbocycles. The van der Waals surface area contributed by atoms with Crippen molar-refractivity contribution in [1.82, 2.24) is 15.1 Å². The Labute approximate surface area is 128 Å². The van der Waals surface area contributed by atoms with Gasteiger partial charge in [0.2, 0.25) is 0 Å². The van der Waals surface area contributed by atoms with Crippen molar-refractivity contribution in [3.05, 3.63) is 58.0 Å². The van der Waals surface area contributed by atoms with Crippen LogP contribution in [0.2, 0.25) is 0 Å². The van der Waals surface area contributed by atoms with Gasteiger partial charge in [-0.1, -0.05) is 18.2 Å². The molecule has 1 aliphatic rings. The van der Waals surface area contributed by atoms with E-state index >= 15 is 0 Å². The molecule has 0 saturated carbocycles. The molecule has 114 valence electrons. The highest BCUT2D eigenvalue weighted by Crippen LogP contribution is 2.21. The Bertz CT molecular complexity index is 712. The maximum atomic E-state index is 12.3. The predicted octanol–water partition coefficient (Wildman–Crippen LogP) is 1.04. The number of benzene rings is 1. The van der Waals surface area contributed by atoms with Gasteiger partial charge >= 0.3 is 0 Å². The highest BCUT2D eigenvalue weighted by atomic mass is 16.2. The molecule has 2 heterocycles. The summed E-state index contributed by atoms with van der Waals surface area (Å²) in [5, 5.41) is 6.10. The van der Waals surface area contributed by atoms with Crippen LogP contribution in [-0.4, -0.2) is 47.2 Å². The fourth-order valence-corrected chi connectivity index (χ4v) is 2.69. The number of carbonyl (C=O) groups is 1. The number of para-hydroxylation sites is 1. The third-order valence-corrected chi connectivity index (χ3v) is 3.92. The van der Waals surface area contributed by atoms with Gasteiger partial charge in [0, 0.05) is 37.9 Å². The van der Waals surface area contributed by atoms with E-state index in [1.165, 1.54) is 23.4 Å². The molecule has 6 nitrogen and oxygen atoms in total. The maximum Gasteiger partial charge on any atom is 0.274 e. The Hall–Kier alpha value is -2.63. The topological polar surface area (TPSA) is 69.3 Å². The molecule has 6 heteroatoms. The quantitative estimate of drug-likeness (QED) is 0.899. The minimum Gasteiger partial charge on any atom is -0.368 e. The van der Waals surface area contributed by atoms with E-state index in [4.69, 9.17) is 0 Å². The third kappa shape index (κ3) is 2.86. The van der Waals surface area contributed by atoms with Crippen LogP contribution in [-0.2, 0) is 0 Å². The number of hydrogen-bond donors (Lipinski definition) is 1. The first kappa shape index (κ1) is 14.3. The number of rotatable bonds is 2. The molecule has 2 aromatic rings. The van der Waals surface area contributed by atoms with E-state index in [1.54, 1.807) is 4.90 Å². The van der Waals surface area contributed by atoms with E-state index in [0.29, 0.717) is 13.1 Å². The number of amides is 1. The zero-order valence-electron chi connectivity index (χ0n) is 12.5. The van der Waals surface area contributed by atoms with Gasteiger partial charge in [0.15, 0.2) is 0 Å². The number of aromatic amines is 1. The van der Waals surface area contributed by atoms with E-state index < -0.39 is 0 Å². The molecule has 0 bridgehead atoms. The number of nitrogens with one attached hydrogen (secondary N) is 1. The molecular weight excluding hydrogens is 280 g/mol. The van der Waals surface area contributed by atoms with Gasteiger partial charge < -0.3 is 9.80 Å². The van der Waals surface area contributed by atoms with Crippen molar-refractivity contribution in [2.45, 2.75) is 6.92 Å². The molecule has 1 fully saturated rings. The van der Waals surface area contributed by atoms with Gasteiger partial charge in [0.1, 0.15) is 5.69 Å². The number of H-pyrrole nitrogens is 1. The van der Waals surface area contributed by atoms with Crippen molar-refractivity contribution in [2.75, 3.05) is 31.1 Å². The number of aromatic nitrogens is 2. The van der Waals surface area contributed by atoms with Crippen LogP contribution in [0.1, 0.15) is 16.1 Å². The Morgan fingerprint density at radius 3 is 2.45 bits per heavy atom. The normalized spacial score (nSPS) is 15.0. The lowest BCUT2D eigenvalue weighted by atomic mass is 10.1. The predicted molar refractivity (Wildman–Crippen MR) is 84.2 cm³/mol. The lowest BCUT2D eigenvalue weighted by Gasteiger charge is -2.36. The lowest BCUT2D eigenvalue weighted by Crippen LogP contribution is -2.49. The monoisotopic (exact) mass is 298 g/mol. The first-order valence-electron chi connectivity index (χ1n) is 7.31. The van der Waals surface area contributed by atoms with Crippen molar-refractivity contribution >= 4 is 11.6 Å². The zero-order valence-corrected chi connectivity index (χ0v) is 12.5. The van der Waals surface area contributed by atoms with E-state index in [2.05, 4.69) is 34.2 Å². The Morgan fingerprint density at radius 1 is 1.09 bits per heavy atom. The van der Waals surface area contributed by atoms with Crippen molar-refractivity contribution < 1.29 is 4.79 Å². The molecule has 1 N–H and O–H groups in total. The first-order chi connectivity index (χ1) is 10.6. The molecule has 1 aliphatic heterocycles. The van der Waals surface area contributed by atoms with E-state index in [1.807, 2.05) is 12.1 Å². The molecule has 0 radical (unpaired) electrons. The van der Waals surface area contributed by atoms with Gasteiger partial charge in [0.25, 0.3) is 11.5 Å². The van der Waals surface area contributed by atoms with Crippen LogP contribution >= 0.6 is 0 Å². The third-order valence-electron chi connectivity index (χ3n) is 3.92. The number of hydrogen-bond acceptors (Lipinski definition) is 4. The first-order valence-corrected chi connectivity index (χ1v) is 7.31. The fourth-order valence-electron chi connectivity index (χ4n) is 2.69. The Balaban J connectivity index is 1.67. The van der Waals surface area contributed by atoms with E-state index in [-0.39, 0.29) is 17.2 Å². The lowest BCUT2D eigenvalue weighted by molar-refractivity contribution is 0.0739. The second kappa shape index (κ2) is 6.01. The molecular formula is C16H18N4O2. The second-order valence-corrected chi connectivity index (χ2v) is 5.37. The summed E-state index contributed by atoms with van der Waals surface area (Å²) >= 11 is 0. The minimum absolute atomic E-state index is 0.138. The summed E-state index contributed by atoms with van der Waals surface area (Å²) in [5.74, 6) is -0.138. The average Bonchev–Trinajstić information content (AvgIpc) is 2.56. The fraction of sp³-hybridized carbons (Fsp3) is 0.312. The molecule has 3 rings (SSSR count). The maximum absolute atomic E-state index is 12.3. The number of nitrogens with zero attached hydrogens (tertiary/aromatic N) is 3. The van der Waals surface area contributed by atoms with Crippen molar-refractivity contribution in [3.63, 3.8) is 0 Å². The molecule has 22 heavy (non-hydrogen) atoms. The summed E-state index contributed by atoms with van der Waals surface area (Å²) in [6.07, 6.45) is 0. The molecule has 1 aromatic carbocycles. The largest absolute Gasteiger partial charge is 0.368 e. The number of anilines is 1. The van der Waals surface area contributed by atoms with Crippen LogP contribution in [0.4, 0.5) is 5.69 Å². The number of piperazine rings is 1. The number of carbonyl (C=O) groups excluding carboxylic acids is 1. The van der Waals surface area contributed by atoms with Gasteiger partial charge in [0.05, 0.1) is 0 Å². The van der Waals surface area contributed by atoms with E-state index in [9.17, 15) is 9.59 Å². The van der Waals surface area contributed by atoms with Crippen molar-refractivity contribution in [1.29, 1.82) is 0 Å². The summed E-state index contributed by atoms with van der Waals surface area (Å²) < 4.78 is 0. The summed E-state index contributed by atoms with van der Waals surface area (Å²) in [5.41, 5.74) is 2.44. The Kier molecular flexibility index (Phi) is 3.91. The highest BCUT2D eigenvalue weighted by Gasteiger charge is 2.23. The van der Waals surface area contributed by atoms with Crippen LogP contribution in [0.15, 0.2) is 41.2 Å². The molecule has 0 unspecified atom stereocenters. The molecule has 0 spiro atoms. The summed E-state index contributed by atoms with van der Waals surface area (Å²) in [7, 11) is 0. The van der Waals surface area contributed by atoms with Crippen molar-refractivity contribution in [2.24, 2.45) is 0 Å². The standard InChI is InChI=1S/C16H18N4O2/c1-12-4-2-3-5-14(12)19-8-10-20(11-9-19)16(22)13-6-7-15(21)18-17-13/h2-7H,8-11H2,1H3,(H,18,21).